The first-order chi connectivity index (χ1) is 10.6. The van der Waals surface area contributed by atoms with Crippen molar-refractivity contribution in [2.24, 2.45) is 0 Å². The SMILES string of the molecule is Cc1ccc(Nn2c(-c3ccccc3)c(C)[nH]c2=S)cc1C. The molecule has 0 fully saturated rings. The van der Waals surface area contributed by atoms with Crippen molar-refractivity contribution in [1.82, 2.24) is 9.66 Å². The van der Waals surface area contributed by atoms with Crippen LogP contribution < -0.4 is 5.43 Å². The highest BCUT2D eigenvalue weighted by atomic mass is 32.1. The molecule has 4 heteroatoms. The van der Waals surface area contributed by atoms with E-state index in [9.17, 15) is 0 Å². The number of rotatable bonds is 3. The second-order valence-corrected chi connectivity index (χ2v) is 5.90. The molecule has 3 aromatic rings. The van der Waals surface area contributed by atoms with Crippen molar-refractivity contribution < 1.29 is 0 Å². The van der Waals surface area contributed by atoms with Gasteiger partial charge in [0.1, 0.15) is 0 Å². The number of nitrogens with zero attached hydrogens (tertiary/aromatic N) is 1. The summed E-state index contributed by atoms with van der Waals surface area (Å²) in [6, 6.07) is 16.6. The first-order valence-electron chi connectivity index (χ1n) is 7.27. The van der Waals surface area contributed by atoms with E-state index in [2.05, 4.69) is 54.6 Å². The van der Waals surface area contributed by atoms with Crippen molar-refractivity contribution in [2.75, 3.05) is 5.43 Å². The Balaban J connectivity index is 2.07. The molecular weight excluding hydrogens is 290 g/mol. The van der Waals surface area contributed by atoms with E-state index < -0.39 is 0 Å². The van der Waals surface area contributed by atoms with E-state index in [-0.39, 0.29) is 0 Å². The van der Waals surface area contributed by atoms with Gasteiger partial charge in [0, 0.05) is 11.3 Å². The fraction of sp³-hybridized carbons (Fsp3) is 0.167. The van der Waals surface area contributed by atoms with Crippen molar-refractivity contribution >= 4 is 17.9 Å². The van der Waals surface area contributed by atoms with Crippen LogP contribution in [-0.4, -0.2) is 9.66 Å². The molecule has 0 aliphatic carbocycles. The Bertz CT molecular complexity index is 860. The molecule has 2 N–H and O–H groups in total. The lowest BCUT2D eigenvalue weighted by Crippen LogP contribution is -2.11. The van der Waals surface area contributed by atoms with Gasteiger partial charge >= 0.3 is 0 Å². The van der Waals surface area contributed by atoms with E-state index in [0.717, 1.165) is 22.6 Å². The Morgan fingerprint density at radius 2 is 1.68 bits per heavy atom. The number of nitrogens with one attached hydrogen (secondary N) is 2. The Morgan fingerprint density at radius 3 is 2.36 bits per heavy atom. The fourth-order valence-electron chi connectivity index (χ4n) is 2.53. The highest BCUT2D eigenvalue weighted by Crippen LogP contribution is 2.24. The van der Waals surface area contributed by atoms with Crippen molar-refractivity contribution in [3.8, 4) is 11.3 Å². The van der Waals surface area contributed by atoms with Crippen LogP contribution in [0.2, 0.25) is 0 Å². The van der Waals surface area contributed by atoms with Crippen molar-refractivity contribution in [1.29, 1.82) is 0 Å². The van der Waals surface area contributed by atoms with E-state index in [0.29, 0.717) is 4.77 Å². The van der Waals surface area contributed by atoms with E-state index in [4.69, 9.17) is 12.2 Å². The number of benzene rings is 2. The molecule has 112 valence electrons. The molecule has 0 unspecified atom stereocenters. The molecule has 1 aromatic heterocycles. The molecule has 0 atom stereocenters. The average molecular weight is 309 g/mol. The molecule has 3 rings (SSSR count). The molecule has 0 spiro atoms. The van der Waals surface area contributed by atoms with E-state index >= 15 is 0 Å². The Labute approximate surface area is 135 Å². The number of hydrogen-bond donors (Lipinski definition) is 2. The maximum atomic E-state index is 5.46. The van der Waals surface area contributed by atoms with Crippen LogP contribution in [0.5, 0.6) is 0 Å². The lowest BCUT2D eigenvalue weighted by atomic mass is 10.1. The lowest BCUT2D eigenvalue weighted by molar-refractivity contribution is 0.941. The van der Waals surface area contributed by atoms with Crippen LogP contribution >= 0.6 is 12.2 Å². The Kier molecular flexibility index (Phi) is 3.86. The third-order valence-electron chi connectivity index (χ3n) is 3.87. The summed E-state index contributed by atoms with van der Waals surface area (Å²) in [5, 5.41) is 0. The van der Waals surface area contributed by atoms with Crippen LogP contribution in [0.1, 0.15) is 16.8 Å². The lowest BCUT2D eigenvalue weighted by Gasteiger charge is -2.13. The molecule has 0 amide bonds. The minimum atomic E-state index is 0.662. The molecule has 0 aliphatic rings. The summed E-state index contributed by atoms with van der Waals surface area (Å²) in [5.41, 5.74) is 10.2. The molecule has 0 saturated heterocycles. The van der Waals surface area contributed by atoms with Gasteiger partial charge in [-0.1, -0.05) is 36.4 Å². The summed E-state index contributed by atoms with van der Waals surface area (Å²) in [5.74, 6) is 0. The summed E-state index contributed by atoms with van der Waals surface area (Å²) in [4.78, 5) is 3.24. The van der Waals surface area contributed by atoms with Crippen LogP contribution in [0, 0.1) is 25.5 Å². The topological polar surface area (TPSA) is 32.8 Å². The Morgan fingerprint density at radius 1 is 0.955 bits per heavy atom. The van der Waals surface area contributed by atoms with E-state index in [1.807, 2.05) is 29.8 Å². The normalized spacial score (nSPS) is 10.7. The fourth-order valence-corrected chi connectivity index (χ4v) is 2.82. The van der Waals surface area contributed by atoms with Gasteiger partial charge in [-0.2, -0.15) is 0 Å². The maximum absolute atomic E-state index is 5.46. The number of anilines is 1. The summed E-state index contributed by atoms with van der Waals surface area (Å²) >= 11 is 5.46. The van der Waals surface area contributed by atoms with Gasteiger partial charge in [0.05, 0.1) is 11.4 Å². The number of aryl methyl sites for hydroxylation is 3. The number of imidazole rings is 1. The van der Waals surface area contributed by atoms with Crippen LogP contribution in [0.15, 0.2) is 48.5 Å². The van der Waals surface area contributed by atoms with Gasteiger partial charge < -0.3 is 4.98 Å². The molecule has 0 aliphatic heterocycles. The first kappa shape index (κ1) is 14.6. The van der Waals surface area contributed by atoms with Gasteiger partial charge in [-0.25, -0.2) is 4.68 Å². The molecule has 0 saturated carbocycles. The smallest absolute Gasteiger partial charge is 0.197 e. The summed E-state index contributed by atoms with van der Waals surface area (Å²) in [6.45, 7) is 6.26. The van der Waals surface area contributed by atoms with E-state index in [1.165, 1.54) is 11.1 Å². The van der Waals surface area contributed by atoms with Gasteiger partial charge in [-0.05, 0) is 56.2 Å². The summed E-state index contributed by atoms with van der Waals surface area (Å²) in [6.07, 6.45) is 0. The van der Waals surface area contributed by atoms with Gasteiger partial charge in [0.2, 0.25) is 0 Å². The minimum absolute atomic E-state index is 0.662. The first-order valence-corrected chi connectivity index (χ1v) is 7.68. The van der Waals surface area contributed by atoms with Gasteiger partial charge in [-0.15, -0.1) is 0 Å². The average Bonchev–Trinajstić information content (AvgIpc) is 2.78. The van der Waals surface area contributed by atoms with E-state index in [1.54, 1.807) is 0 Å². The molecule has 0 bridgehead atoms. The van der Waals surface area contributed by atoms with Crippen LogP contribution in [0.3, 0.4) is 0 Å². The zero-order chi connectivity index (χ0) is 15.7. The third-order valence-corrected chi connectivity index (χ3v) is 4.16. The second kappa shape index (κ2) is 5.81. The van der Waals surface area contributed by atoms with Crippen molar-refractivity contribution in [3.63, 3.8) is 0 Å². The molecule has 22 heavy (non-hydrogen) atoms. The largest absolute Gasteiger partial charge is 0.333 e. The zero-order valence-electron chi connectivity index (χ0n) is 13.0. The highest BCUT2D eigenvalue weighted by molar-refractivity contribution is 7.71. The van der Waals surface area contributed by atoms with Gasteiger partial charge in [0.15, 0.2) is 4.77 Å². The zero-order valence-corrected chi connectivity index (χ0v) is 13.8. The predicted molar refractivity (Wildman–Crippen MR) is 94.7 cm³/mol. The van der Waals surface area contributed by atoms with Crippen molar-refractivity contribution in [3.05, 3.63) is 70.1 Å². The van der Waals surface area contributed by atoms with Crippen LogP contribution in [-0.2, 0) is 0 Å². The maximum Gasteiger partial charge on any atom is 0.197 e. The molecule has 0 radical (unpaired) electrons. The molecule has 2 aromatic carbocycles. The number of H-pyrrole nitrogens is 1. The second-order valence-electron chi connectivity index (χ2n) is 5.52. The summed E-state index contributed by atoms with van der Waals surface area (Å²) in [7, 11) is 0. The van der Waals surface area contributed by atoms with Crippen LogP contribution in [0.25, 0.3) is 11.3 Å². The monoisotopic (exact) mass is 309 g/mol. The quantitative estimate of drug-likeness (QED) is 0.666. The minimum Gasteiger partial charge on any atom is -0.333 e. The molecule has 1 heterocycles. The number of hydrogen-bond acceptors (Lipinski definition) is 2. The van der Waals surface area contributed by atoms with Gasteiger partial charge in [-0.3, -0.25) is 5.43 Å². The number of aromatic nitrogens is 2. The molecule has 3 nitrogen and oxygen atoms in total. The number of aromatic amines is 1. The third kappa shape index (κ3) is 2.70. The molecular formula is C18H19N3S. The summed E-state index contributed by atoms with van der Waals surface area (Å²) < 4.78 is 2.60. The standard InChI is InChI=1S/C18H19N3S/c1-12-9-10-16(11-13(12)2)20-21-17(14(3)19-18(21)22)15-7-5-4-6-8-15/h4-11,20H,1-3H3,(H,19,22). The Hall–Kier alpha value is -2.33. The predicted octanol–water partition coefficient (Wildman–Crippen LogP) is 5.01. The van der Waals surface area contributed by atoms with Crippen molar-refractivity contribution in [2.45, 2.75) is 20.8 Å². The highest BCUT2D eigenvalue weighted by Gasteiger charge is 2.11. The van der Waals surface area contributed by atoms with Gasteiger partial charge in [0.25, 0.3) is 0 Å². The van der Waals surface area contributed by atoms with Crippen LogP contribution in [0.4, 0.5) is 5.69 Å².